The molecule has 14 nitrogen and oxygen atoms in total. The molecule has 0 aliphatic carbocycles. The Morgan fingerprint density at radius 3 is 2.35 bits per heavy atom. The molecule has 4 fully saturated rings. The molecule has 292 valence electrons. The summed E-state index contributed by atoms with van der Waals surface area (Å²) in [6.07, 6.45) is 8.40. The summed E-state index contributed by atoms with van der Waals surface area (Å²) >= 11 is 5.88. The summed E-state index contributed by atoms with van der Waals surface area (Å²) in [4.78, 5) is 38.7. The summed E-state index contributed by atoms with van der Waals surface area (Å²) in [5, 5.41) is 11.6. The molecular formula is C38H46ClFN10O4S. The zero-order valence-corrected chi connectivity index (χ0v) is 32.4. The predicted molar refractivity (Wildman–Crippen MR) is 208 cm³/mol. The van der Waals surface area contributed by atoms with E-state index >= 15 is 4.39 Å². The average Bonchev–Trinajstić information content (AvgIpc) is 3.51. The molecule has 0 spiro atoms. The number of amides is 3. The number of halogens is 2. The molecule has 0 saturated carbocycles. The van der Waals surface area contributed by atoms with Gasteiger partial charge in [0, 0.05) is 64.2 Å². The third kappa shape index (κ3) is 8.00. The van der Waals surface area contributed by atoms with Crippen molar-refractivity contribution < 1.29 is 22.4 Å². The van der Waals surface area contributed by atoms with Crippen molar-refractivity contribution in [3.8, 4) is 0 Å². The maximum absolute atomic E-state index is 15.2. The Hall–Kier alpha value is -4.38. The molecule has 2 aromatic heterocycles. The molecule has 0 radical (unpaired) electrons. The molecule has 4 saturated heterocycles. The molecule has 0 bridgehead atoms. The number of fused-ring (bicyclic) bond motifs is 1. The van der Waals surface area contributed by atoms with E-state index in [1.807, 2.05) is 22.7 Å². The highest BCUT2D eigenvalue weighted by molar-refractivity contribution is 7.89. The monoisotopic (exact) mass is 792 g/mol. The first kappa shape index (κ1) is 37.5. The van der Waals surface area contributed by atoms with E-state index in [1.54, 1.807) is 0 Å². The van der Waals surface area contributed by atoms with Crippen LogP contribution < -0.4 is 20.4 Å². The normalized spacial score (nSPS) is 20.3. The minimum atomic E-state index is -3.79. The summed E-state index contributed by atoms with van der Waals surface area (Å²) in [6, 6.07) is 10.2. The van der Waals surface area contributed by atoms with Crippen LogP contribution in [-0.2, 0) is 21.9 Å². The number of urea groups is 1. The van der Waals surface area contributed by atoms with Gasteiger partial charge in [0.2, 0.25) is 21.9 Å². The third-order valence-corrected chi connectivity index (χ3v) is 13.7. The van der Waals surface area contributed by atoms with Gasteiger partial charge in [-0.15, -0.1) is 0 Å². The number of hydrogen-bond donors (Lipinski definition) is 2. The number of carbonyl (C=O) groups is 2. The Morgan fingerprint density at radius 1 is 0.909 bits per heavy atom. The second-order valence-corrected chi connectivity index (χ2v) is 17.5. The molecule has 4 aromatic rings. The Labute approximate surface area is 325 Å². The largest absolute Gasteiger partial charge is 0.369 e. The van der Waals surface area contributed by atoms with Gasteiger partial charge in [0.15, 0.2) is 5.82 Å². The van der Waals surface area contributed by atoms with Crippen molar-refractivity contribution in [2.24, 2.45) is 13.0 Å². The fraction of sp³-hybridized carbons (Fsp3) is 0.500. The van der Waals surface area contributed by atoms with Crippen LogP contribution in [0.4, 0.5) is 26.6 Å². The molecule has 17 heteroatoms. The fourth-order valence-electron chi connectivity index (χ4n) is 8.50. The lowest BCUT2D eigenvalue weighted by molar-refractivity contribution is -0.120. The van der Waals surface area contributed by atoms with Crippen LogP contribution in [0.3, 0.4) is 0 Å². The van der Waals surface area contributed by atoms with Gasteiger partial charge < -0.3 is 15.1 Å². The molecule has 0 atom stereocenters. The minimum Gasteiger partial charge on any atom is -0.369 e. The molecule has 4 aliphatic rings. The highest BCUT2D eigenvalue weighted by Crippen LogP contribution is 2.35. The Kier molecular flexibility index (Phi) is 10.7. The Morgan fingerprint density at radius 2 is 1.64 bits per heavy atom. The average molecular weight is 793 g/mol. The third-order valence-electron chi connectivity index (χ3n) is 11.7. The number of anilines is 3. The number of imide groups is 1. The van der Waals surface area contributed by atoms with Crippen molar-refractivity contribution in [1.29, 1.82) is 0 Å². The van der Waals surface area contributed by atoms with Crippen LogP contribution in [0.2, 0.25) is 5.02 Å². The van der Waals surface area contributed by atoms with Crippen molar-refractivity contribution in [2.75, 3.05) is 67.5 Å². The first-order chi connectivity index (χ1) is 26.5. The van der Waals surface area contributed by atoms with Gasteiger partial charge in [0.05, 0.1) is 33.5 Å². The number of aromatic nitrogens is 4. The predicted octanol–water partition coefficient (Wildman–Crippen LogP) is 4.96. The number of sulfonamides is 1. The zero-order chi connectivity index (χ0) is 38.3. The first-order valence-electron chi connectivity index (χ1n) is 19.1. The maximum atomic E-state index is 15.2. The topological polar surface area (TPSA) is 149 Å². The maximum Gasteiger partial charge on any atom is 0.329 e. The summed E-state index contributed by atoms with van der Waals surface area (Å²) in [5.74, 6) is 1.28. The van der Waals surface area contributed by atoms with Gasteiger partial charge in [0.1, 0.15) is 5.82 Å². The second-order valence-electron chi connectivity index (χ2n) is 15.1. The standard InChI is InChI=1S/C38H46ClFN10O4S/c1-46-33-20-27(2-4-31(33)36(45-46)50-19-12-35(51)44-38(50)52)26-8-13-47(14-9-26)24-25-6-15-48(16-7-25)34-21-30(3-5-32(34)40)55(53,54)49-17-10-29(11-18-49)43-37-41-22-28(39)23-42-37/h2-5,20-23,25-26,29H,6-19,24H2,1H3,(H,41,42,43)(H,44,51,52). The summed E-state index contributed by atoms with van der Waals surface area (Å²) < 4.78 is 45.8. The van der Waals surface area contributed by atoms with Gasteiger partial charge in [0.25, 0.3) is 0 Å². The van der Waals surface area contributed by atoms with Crippen LogP contribution in [-0.4, -0.2) is 108 Å². The second kappa shape index (κ2) is 15.6. The number of hydrogen-bond acceptors (Lipinski definition) is 10. The summed E-state index contributed by atoms with van der Waals surface area (Å²) in [7, 11) is -1.91. The lowest BCUT2D eigenvalue weighted by Crippen LogP contribution is -2.49. The highest BCUT2D eigenvalue weighted by Gasteiger charge is 2.33. The molecule has 2 N–H and O–H groups in total. The number of benzene rings is 2. The van der Waals surface area contributed by atoms with Gasteiger partial charge in [-0.2, -0.15) is 9.40 Å². The molecule has 8 rings (SSSR count). The van der Waals surface area contributed by atoms with Crippen LogP contribution in [0.5, 0.6) is 0 Å². The highest BCUT2D eigenvalue weighted by atomic mass is 35.5. The minimum absolute atomic E-state index is 0.0359. The first-order valence-corrected chi connectivity index (χ1v) is 20.9. The lowest BCUT2D eigenvalue weighted by Gasteiger charge is -2.38. The number of aryl methyl sites for hydroxylation is 1. The van der Waals surface area contributed by atoms with Crippen molar-refractivity contribution in [3.05, 3.63) is 65.2 Å². The molecule has 4 aliphatic heterocycles. The van der Waals surface area contributed by atoms with Crippen molar-refractivity contribution >= 4 is 61.9 Å². The van der Waals surface area contributed by atoms with Crippen LogP contribution in [0, 0.1) is 11.7 Å². The van der Waals surface area contributed by atoms with E-state index in [1.165, 1.54) is 45.4 Å². The van der Waals surface area contributed by atoms with Crippen LogP contribution in [0.1, 0.15) is 56.4 Å². The van der Waals surface area contributed by atoms with E-state index in [0.717, 1.165) is 56.2 Å². The van der Waals surface area contributed by atoms with Gasteiger partial charge in [-0.3, -0.25) is 19.7 Å². The van der Waals surface area contributed by atoms with Crippen molar-refractivity contribution in [2.45, 2.75) is 61.8 Å². The molecule has 2 aromatic carbocycles. The van der Waals surface area contributed by atoms with Gasteiger partial charge in [-0.05, 0) is 99.3 Å². The van der Waals surface area contributed by atoms with Crippen LogP contribution >= 0.6 is 11.6 Å². The van der Waals surface area contributed by atoms with Crippen molar-refractivity contribution in [1.82, 2.24) is 34.3 Å². The van der Waals surface area contributed by atoms with Crippen molar-refractivity contribution in [3.63, 3.8) is 0 Å². The van der Waals surface area contributed by atoms with E-state index < -0.39 is 21.9 Å². The molecule has 55 heavy (non-hydrogen) atoms. The van der Waals surface area contributed by atoms with Crippen LogP contribution in [0.15, 0.2) is 53.7 Å². The molecule has 3 amide bonds. The van der Waals surface area contributed by atoms with E-state index in [0.29, 0.717) is 79.9 Å². The van der Waals surface area contributed by atoms with Gasteiger partial charge >= 0.3 is 6.03 Å². The zero-order valence-electron chi connectivity index (χ0n) is 30.8. The molecular weight excluding hydrogens is 747 g/mol. The SMILES string of the molecule is Cn1nc(N2CCC(=O)NC2=O)c2ccc(C3CCN(CC4CCN(c5cc(S(=O)(=O)N6CCC(Nc7ncc(Cl)cn7)CC6)ccc5F)CC4)CC3)cc21. The number of carbonyl (C=O) groups excluding carboxylic acids is 2. The van der Waals surface area contributed by atoms with Gasteiger partial charge in [-0.25, -0.2) is 27.6 Å². The number of piperidine rings is 3. The number of nitrogens with zero attached hydrogens (tertiary/aromatic N) is 8. The number of nitrogens with one attached hydrogen (secondary N) is 2. The molecule has 6 heterocycles. The van der Waals surface area contributed by atoms with E-state index in [2.05, 4.69) is 42.7 Å². The lowest BCUT2D eigenvalue weighted by atomic mass is 9.88. The Balaban J connectivity index is 0.823. The van der Waals surface area contributed by atoms with Crippen LogP contribution in [0.25, 0.3) is 10.9 Å². The molecule has 0 unspecified atom stereocenters. The summed E-state index contributed by atoms with van der Waals surface area (Å²) in [5.41, 5.74) is 2.58. The van der Waals surface area contributed by atoms with E-state index in [-0.39, 0.29) is 23.3 Å². The summed E-state index contributed by atoms with van der Waals surface area (Å²) in [6.45, 7) is 5.34. The quantitative estimate of drug-likeness (QED) is 0.238. The Bertz CT molecular complexity index is 2160. The van der Waals surface area contributed by atoms with Gasteiger partial charge in [-0.1, -0.05) is 17.7 Å². The number of rotatable bonds is 9. The van der Waals surface area contributed by atoms with E-state index in [9.17, 15) is 18.0 Å². The smallest absolute Gasteiger partial charge is 0.329 e. The number of likely N-dealkylation sites (tertiary alicyclic amines) is 1. The fourth-order valence-corrected chi connectivity index (χ4v) is 10.1. The van der Waals surface area contributed by atoms with E-state index in [4.69, 9.17) is 11.6 Å².